The molecule has 2 heterocycles. The number of carbonyl (C=O) groups excluding carboxylic acids is 1. The molecule has 8 unspecified atom stereocenters. The maximum Gasteiger partial charge on any atom is 0.333 e. The molecule has 2 amide bonds. The molecule has 1 saturated heterocycles. The minimum Gasteiger partial charge on any atom is -0.384 e. The van der Waals surface area contributed by atoms with E-state index in [1.165, 1.54) is 23.6 Å². The summed E-state index contributed by atoms with van der Waals surface area (Å²) < 4.78 is 53.2. The molecule has 1 fully saturated rings. The highest BCUT2D eigenvalue weighted by atomic mass is 31.3. The van der Waals surface area contributed by atoms with Crippen molar-refractivity contribution in [1.82, 2.24) is 14.7 Å². The minimum atomic E-state index is -4.03. The highest BCUT2D eigenvalue weighted by Gasteiger charge is 2.63. The molecular weight excluding hydrogens is 523 g/mol. The standard InChI is InChI=1S/C19H38N3O10P3/c1-13-10-22(17(23)21(6)15(13)20(4)5)16-19(3,25)18(2,24)14(31-16)11-30-35(9,29)32-34(8,28)12-33(7,26)27/h10,14-16,24-25H,11-12H2,1-9H3,(H,26,27). The molecule has 0 saturated carbocycles. The van der Waals surface area contributed by atoms with Gasteiger partial charge in [0.15, 0.2) is 6.23 Å². The zero-order valence-corrected chi connectivity index (χ0v) is 24.3. The topological polar surface area (TPSA) is 166 Å². The van der Waals surface area contributed by atoms with E-state index < -0.39 is 64.4 Å². The quantitative estimate of drug-likeness (QED) is 0.352. The van der Waals surface area contributed by atoms with Gasteiger partial charge in [-0.05, 0) is 40.4 Å². The number of urea groups is 1. The molecule has 0 aromatic heterocycles. The Bertz CT molecular complexity index is 1010. The largest absolute Gasteiger partial charge is 0.384 e. The van der Waals surface area contributed by atoms with Crippen LogP contribution in [-0.4, -0.2) is 119 Å². The van der Waals surface area contributed by atoms with Crippen LogP contribution in [0.1, 0.15) is 20.8 Å². The fourth-order valence-electron chi connectivity index (χ4n) is 4.43. The number of nitrogens with zero attached hydrogens (tertiary/aromatic N) is 3. The van der Waals surface area contributed by atoms with Crippen molar-refractivity contribution in [3.63, 3.8) is 0 Å². The Morgan fingerprint density at radius 3 is 2.17 bits per heavy atom. The summed E-state index contributed by atoms with van der Waals surface area (Å²) in [5.41, 5.74) is -3.14. The molecule has 0 aromatic carbocycles. The molecule has 16 heteroatoms. The molecule has 2 aliphatic rings. The third kappa shape index (κ3) is 6.65. The lowest BCUT2D eigenvalue weighted by Crippen LogP contribution is -2.63. The first-order chi connectivity index (χ1) is 15.5. The van der Waals surface area contributed by atoms with Crippen molar-refractivity contribution in [2.45, 2.75) is 50.5 Å². The molecule has 0 bridgehead atoms. The van der Waals surface area contributed by atoms with Gasteiger partial charge in [0.05, 0.1) is 6.61 Å². The van der Waals surface area contributed by atoms with E-state index in [0.717, 1.165) is 25.6 Å². The molecule has 2 rings (SSSR count). The smallest absolute Gasteiger partial charge is 0.333 e. The summed E-state index contributed by atoms with van der Waals surface area (Å²) in [4.78, 5) is 27.1. The van der Waals surface area contributed by atoms with Crippen LogP contribution in [0.5, 0.6) is 0 Å². The van der Waals surface area contributed by atoms with Gasteiger partial charge in [-0.3, -0.25) is 27.8 Å². The molecular formula is C19H38N3O10P3. The summed E-state index contributed by atoms with van der Waals surface area (Å²) in [5.74, 6) is -0.681. The molecule has 0 radical (unpaired) electrons. The van der Waals surface area contributed by atoms with Gasteiger partial charge < -0.3 is 29.3 Å². The van der Waals surface area contributed by atoms with Crippen molar-refractivity contribution >= 4 is 28.4 Å². The summed E-state index contributed by atoms with van der Waals surface area (Å²) in [6, 6.07) is -0.471. The Morgan fingerprint density at radius 1 is 1.14 bits per heavy atom. The van der Waals surface area contributed by atoms with Crippen LogP contribution in [0.2, 0.25) is 0 Å². The first-order valence-electron chi connectivity index (χ1n) is 10.8. The van der Waals surface area contributed by atoms with E-state index in [2.05, 4.69) is 0 Å². The zero-order chi connectivity index (χ0) is 27.4. The Hall–Kier alpha value is -0.580. The van der Waals surface area contributed by atoms with Crippen LogP contribution in [0.3, 0.4) is 0 Å². The predicted molar refractivity (Wildman–Crippen MR) is 131 cm³/mol. The predicted octanol–water partition coefficient (Wildman–Crippen LogP) is 1.99. The van der Waals surface area contributed by atoms with Crippen molar-refractivity contribution in [1.29, 1.82) is 0 Å². The van der Waals surface area contributed by atoms with Crippen LogP contribution in [0.25, 0.3) is 0 Å². The van der Waals surface area contributed by atoms with E-state index in [1.807, 2.05) is 25.9 Å². The Labute approximate surface area is 206 Å². The normalized spacial score (nSPS) is 37.1. The third-order valence-corrected chi connectivity index (χ3v) is 13.4. The summed E-state index contributed by atoms with van der Waals surface area (Å²) >= 11 is 0. The van der Waals surface area contributed by atoms with Crippen LogP contribution >= 0.6 is 22.3 Å². The molecule has 3 N–H and O–H groups in total. The summed E-state index contributed by atoms with van der Waals surface area (Å²) in [6.07, 6.45) is -1.34. The van der Waals surface area contributed by atoms with Crippen LogP contribution in [0.4, 0.5) is 4.79 Å². The fourth-order valence-corrected chi connectivity index (χ4v) is 12.0. The van der Waals surface area contributed by atoms with E-state index in [-0.39, 0.29) is 6.17 Å². The van der Waals surface area contributed by atoms with Crippen LogP contribution in [0, 0.1) is 0 Å². The second-order valence-electron chi connectivity index (χ2n) is 10.1. The lowest BCUT2D eigenvalue weighted by Gasteiger charge is -2.45. The average molecular weight is 561 g/mol. The lowest BCUT2D eigenvalue weighted by molar-refractivity contribution is -0.140. The molecule has 0 aromatic rings. The van der Waals surface area contributed by atoms with Crippen LogP contribution < -0.4 is 0 Å². The van der Waals surface area contributed by atoms with Gasteiger partial charge in [-0.2, -0.15) is 0 Å². The first kappa shape index (κ1) is 30.6. The van der Waals surface area contributed by atoms with E-state index in [9.17, 15) is 33.6 Å². The highest BCUT2D eigenvalue weighted by molar-refractivity contribution is 7.78. The minimum absolute atomic E-state index is 0.310. The van der Waals surface area contributed by atoms with Crippen molar-refractivity contribution in [2.75, 3.05) is 53.6 Å². The van der Waals surface area contributed by atoms with Crippen molar-refractivity contribution in [2.24, 2.45) is 0 Å². The van der Waals surface area contributed by atoms with Gasteiger partial charge in [0.1, 0.15) is 29.4 Å². The number of likely N-dealkylation sites (N-methyl/N-ethyl adjacent to an activating group) is 2. The number of hydrogen-bond donors (Lipinski definition) is 3. The third-order valence-electron chi connectivity index (χ3n) is 6.11. The first-order valence-corrected chi connectivity index (χ1v) is 17.4. The highest BCUT2D eigenvalue weighted by Crippen LogP contribution is 2.65. The molecule has 2 aliphatic heterocycles. The fraction of sp³-hybridized carbons (Fsp3) is 0.842. The molecule has 8 atom stereocenters. The Morgan fingerprint density at radius 2 is 1.69 bits per heavy atom. The second kappa shape index (κ2) is 9.95. The summed E-state index contributed by atoms with van der Waals surface area (Å²) in [5, 5.41) is 22.4. The summed E-state index contributed by atoms with van der Waals surface area (Å²) in [6.45, 7) is 7.01. The van der Waals surface area contributed by atoms with Crippen molar-refractivity contribution in [3.8, 4) is 0 Å². The Balaban J connectivity index is 2.24. The van der Waals surface area contributed by atoms with Crippen molar-refractivity contribution < 1.29 is 47.2 Å². The number of ether oxygens (including phenoxy) is 1. The average Bonchev–Trinajstić information content (AvgIpc) is 2.78. The molecule has 0 aliphatic carbocycles. The Kier molecular flexibility index (Phi) is 8.71. The van der Waals surface area contributed by atoms with Crippen LogP contribution in [-0.2, 0) is 27.3 Å². The van der Waals surface area contributed by atoms with Gasteiger partial charge >= 0.3 is 13.6 Å². The van der Waals surface area contributed by atoms with E-state index >= 15 is 0 Å². The SMILES string of the molecule is CC1=CN(C2OC(COP(C)(=O)OP(C)(=O)CP(C)(=O)O)C(C)(O)C2(C)O)C(=O)N(C)C1N(C)C. The number of hydrogen-bond acceptors (Lipinski definition) is 10. The van der Waals surface area contributed by atoms with Crippen molar-refractivity contribution in [3.05, 3.63) is 11.8 Å². The molecule has 0 spiro atoms. The van der Waals surface area contributed by atoms with Gasteiger partial charge in [-0.25, -0.2) is 4.79 Å². The molecule has 35 heavy (non-hydrogen) atoms. The number of rotatable bonds is 9. The van der Waals surface area contributed by atoms with Crippen LogP contribution in [0.15, 0.2) is 11.8 Å². The number of aliphatic hydroxyl groups is 2. The maximum atomic E-state index is 13.1. The van der Waals surface area contributed by atoms with Gasteiger partial charge in [-0.15, -0.1) is 0 Å². The molecule has 204 valence electrons. The zero-order valence-electron chi connectivity index (χ0n) is 21.6. The number of amides is 2. The maximum absolute atomic E-state index is 13.1. The van der Waals surface area contributed by atoms with Gasteiger partial charge in [0, 0.05) is 33.2 Å². The van der Waals surface area contributed by atoms with E-state index in [0.29, 0.717) is 0 Å². The molecule has 13 nitrogen and oxygen atoms in total. The van der Waals surface area contributed by atoms with Gasteiger partial charge in [0.2, 0.25) is 14.7 Å². The lowest BCUT2D eigenvalue weighted by atomic mass is 9.83. The summed E-state index contributed by atoms with van der Waals surface area (Å²) in [7, 11) is -6.24. The van der Waals surface area contributed by atoms with E-state index in [1.54, 1.807) is 13.2 Å². The van der Waals surface area contributed by atoms with Gasteiger partial charge in [-0.1, -0.05) is 0 Å². The van der Waals surface area contributed by atoms with E-state index in [4.69, 9.17) is 13.6 Å². The van der Waals surface area contributed by atoms with Gasteiger partial charge in [0.25, 0.3) is 0 Å². The second-order valence-corrected chi connectivity index (χ2v) is 17.9. The number of carbonyl (C=O) groups is 1. The monoisotopic (exact) mass is 561 g/mol.